The van der Waals surface area contributed by atoms with Crippen LogP contribution in [-0.2, 0) is 0 Å². The fourth-order valence-corrected chi connectivity index (χ4v) is 3.37. The number of furan rings is 1. The molecular formula is C22H16N4O3. The number of hydrogen-bond donors (Lipinski definition) is 3. The highest BCUT2D eigenvalue weighted by Gasteiger charge is 2.16. The van der Waals surface area contributed by atoms with E-state index in [2.05, 4.69) is 20.3 Å². The number of H-pyrrole nitrogens is 2. The molecular weight excluding hydrogens is 368 g/mol. The molecule has 7 nitrogen and oxygen atoms in total. The van der Waals surface area contributed by atoms with Crippen LogP contribution in [0.25, 0.3) is 33.4 Å². The summed E-state index contributed by atoms with van der Waals surface area (Å²) in [6, 6.07) is 18.1. The van der Waals surface area contributed by atoms with Crippen LogP contribution in [-0.4, -0.2) is 20.9 Å². The third-order valence-corrected chi connectivity index (χ3v) is 4.73. The number of fused-ring (bicyclic) bond motifs is 2. The zero-order chi connectivity index (χ0) is 20.0. The second-order valence-electron chi connectivity index (χ2n) is 6.78. The van der Waals surface area contributed by atoms with Crippen molar-refractivity contribution in [2.75, 3.05) is 5.32 Å². The van der Waals surface area contributed by atoms with Gasteiger partial charge >= 0.3 is 5.69 Å². The second kappa shape index (κ2) is 6.49. The van der Waals surface area contributed by atoms with Crippen LogP contribution in [0.5, 0.6) is 0 Å². The van der Waals surface area contributed by atoms with Crippen molar-refractivity contribution < 1.29 is 9.21 Å². The Morgan fingerprint density at radius 3 is 2.66 bits per heavy atom. The molecule has 3 aromatic heterocycles. The van der Waals surface area contributed by atoms with Gasteiger partial charge in [0.25, 0.3) is 5.91 Å². The summed E-state index contributed by atoms with van der Waals surface area (Å²) in [4.78, 5) is 34.6. The van der Waals surface area contributed by atoms with Gasteiger partial charge in [-0.1, -0.05) is 18.2 Å². The molecule has 0 radical (unpaired) electrons. The van der Waals surface area contributed by atoms with Gasteiger partial charge in [-0.25, -0.2) is 9.78 Å². The molecule has 0 unspecified atom stereocenters. The summed E-state index contributed by atoms with van der Waals surface area (Å²) >= 11 is 0. The lowest BCUT2D eigenvalue weighted by Crippen LogP contribution is -2.13. The number of rotatable bonds is 3. The summed E-state index contributed by atoms with van der Waals surface area (Å²) in [5.41, 5.74) is 3.37. The molecule has 142 valence electrons. The summed E-state index contributed by atoms with van der Waals surface area (Å²) in [7, 11) is 0. The van der Waals surface area contributed by atoms with Crippen molar-refractivity contribution in [3.05, 3.63) is 82.5 Å². The number of hydrogen-bond acceptors (Lipinski definition) is 4. The maximum Gasteiger partial charge on any atom is 0.323 e. The fourth-order valence-electron chi connectivity index (χ4n) is 3.37. The molecule has 0 aliphatic heterocycles. The Balaban J connectivity index is 1.58. The molecule has 0 saturated carbocycles. The maximum absolute atomic E-state index is 13.1. The zero-order valence-corrected chi connectivity index (χ0v) is 15.4. The van der Waals surface area contributed by atoms with Crippen LogP contribution in [0.15, 0.2) is 69.9 Å². The second-order valence-corrected chi connectivity index (χ2v) is 6.78. The highest BCUT2D eigenvalue weighted by molar-refractivity contribution is 6.13. The number of nitrogens with one attached hydrogen (secondary N) is 3. The Bertz CT molecular complexity index is 1440. The van der Waals surface area contributed by atoms with E-state index in [0.717, 1.165) is 11.1 Å². The van der Waals surface area contributed by atoms with Gasteiger partial charge in [0.05, 0.1) is 22.1 Å². The molecule has 3 heterocycles. The molecule has 1 amide bonds. The lowest BCUT2D eigenvalue weighted by molar-refractivity contribution is 0.102. The van der Waals surface area contributed by atoms with Gasteiger partial charge < -0.3 is 19.7 Å². The Kier molecular flexibility index (Phi) is 3.80. The highest BCUT2D eigenvalue weighted by Crippen LogP contribution is 2.27. The first-order chi connectivity index (χ1) is 14.1. The smallest absolute Gasteiger partial charge is 0.323 e. The first-order valence-corrected chi connectivity index (χ1v) is 9.07. The molecule has 29 heavy (non-hydrogen) atoms. The Morgan fingerprint density at radius 2 is 1.83 bits per heavy atom. The number of aromatic amines is 2. The Labute approximate surface area is 164 Å². The molecule has 2 aromatic carbocycles. The molecule has 3 N–H and O–H groups in total. The van der Waals surface area contributed by atoms with Gasteiger partial charge in [-0.15, -0.1) is 0 Å². The van der Waals surface area contributed by atoms with Gasteiger partial charge in [0, 0.05) is 11.1 Å². The van der Waals surface area contributed by atoms with Crippen molar-refractivity contribution >= 4 is 33.5 Å². The fraction of sp³-hybridized carbons (Fsp3) is 0.0455. The van der Waals surface area contributed by atoms with Crippen LogP contribution in [0.1, 0.15) is 16.1 Å². The predicted octanol–water partition coefficient (Wildman–Crippen LogP) is 4.23. The third-order valence-electron chi connectivity index (χ3n) is 4.73. The number of benzene rings is 2. The number of pyridine rings is 1. The average molecular weight is 384 g/mol. The van der Waals surface area contributed by atoms with Gasteiger partial charge in [-0.3, -0.25) is 4.79 Å². The lowest BCUT2D eigenvalue weighted by Gasteiger charge is -2.10. The normalized spacial score (nSPS) is 11.2. The molecule has 5 rings (SSSR count). The minimum atomic E-state index is -0.290. The van der Waals surface area contributed by atoms with E-state index in [1.807, 2.05) is 43.3 Å². The minimum Gasteiger partial charge on any atom is -0.460 e. The monoisotopic (exact) mass is 384 g/mol. The number of nitrogens with zero attached hydrogens (tertiary/aromatic N) is 1. The van der Waals surface area contributed by atoms with Crippen LogP contribution >= 0.6 is 0 Å². The van der Waals surface area contributed by atoms with Crippen molar-refractivity contribution in [2.45, 2.75) is 6.92 Å². The first kappa shape index (κ1) is 17.0. The summed E-state index contributed by atoms with van der Waals surface area (Å²) in [5, 5.41) is 3.65. The summed E-state index contributed by atoms with van der Waals surface area (Å²) in [5.74, 6) is 1.11. The zero-order valence-electron chi connectivity index (χ0n) is 15.4. The highest BCUT2D eigenvalue weighted by atomic mass is 16.3. The number of aromatic nitrogens is 3. The van der Waals surface area contributed by atoms with Crippen LogP contribution in [0, 0.1) is 6.92 Å². The number of amides is 1. The number of para-hydroxylation sites is 1. The predicted molar refractivity (Wildman–Crippen MR) is 111 cm³/mol. The molecule has 0 aliphatic carbocycles. The van der Waals surface area contributed by atoms with E-state index in [1.165, 1.54) is 0 Å². The summed E-state index contributed by atoms with van der Waals surface area (Å²) in [6.45, 7) is 1.86. The van der Waals surface area contributed by atoms with E-state index in [4.69, 9.17) is 4.42 Å². The largest absolute Gasteiger partial charge is 0.460 e. The number of anilines is 1. The third kappa shape index (κ3) is 3.08. The van der Waals surface area contributed by atoms with Crippen LogP contribution < -0.4 is 11.0 Å². The van der Waals surface area contributed by atoms with Crippen molar-refractivity contribution in [2.24, 2.45) is 0 Å². The van der Waals surface area contributed by atoms with Crippen molar-refractivity contribution in [1.82, 2.24) is 15.0 Å². The number of imidazole rings is 1. The van der Waals surface area contributed by atoms with Gasteiger partial charge in [-0.05, 0) is 49.4 Å². The summed E-state index contributed by atoms with van der Waals surface area (Å²) in [6.07, 6.45) is 0. The van der Waals surface area contributed by atoms with E-state index < -0.39 is 0 Å². The van der Waals surface area contributed by atoms with Crippen LogP contribution in [0.2, 0.25) is 0 Å². The minimum absolute atomic E-state index is 0.273. The number of carbonyl (C=O) groups is 1. The van der Waals surface area contributed by atoms with Gasteiger partial charge in [0.2, 0.25) is 0 Å². The Hall–Kier alpha value is -4.13. The van der Waals surface area contributed by atoms with E-state index in [-0.39, 0.29) is 11.6 Å². The Morgan fingerprint density at radius 1 is 1.00 bits per heavy atom. The first-order valence-electron chi connectivity index (χ1n) is 9.07. The average Bonchev–Trinajstić information content (AvgIpc) is 3.31. The van der Waals surface area contributed by atoms with E-state index in [1.54, 1.807) is 24.3 Å². The number of carbonyl (C=O) groups excluding carboxylic acids is 1. The summed E-state index contributed by atoms with van der Waals surface area (Å²) < 4.78 is 5.69. The molecule has 5 aromatic rings. The molecule has 0 atom stereocenters. The molecule has 0 saturated heterocycles. The topological polar surface area (TPSA) is 104 Å². The standard InChI is InChI=1S/C22H16N4O3/c1-12-6-9-20(29-12)19-11-15(14-4-2-3-5-16(14)24-19)21(27)23-13-7-8-17-18(10-13)26-22(28)25-17/h2-11H,1H3,(H,23,27)(H2,25,26,28). The van der Waals surface area contributed by atoms with E-state index in [0.29, 0.717) is 39.3 Å². The SMILES string of the molecule is Cc1ccc(-c2cc(C(=O)Nc3ccc4[nH]c(=O)[nH]c4c3)c3ccccc3n2)o1. The molecule has 7 heteroatoms. The van der Waals surface area contributed by atoms with Crippen LogP contribution in [0.4, 0.5) is 5.69 Å². The van der Waals surface area contributed by atoms with Gasteiger partial charge in [0.15, 0.2) is 5.76 Å². The van der Waals surface area contributed by atoms with Crippen molar-refractivity contribution in [3.8, 4) is 11.5 Å². The number of aryl methyl sites for hydroxylation is 1. The lowest BCUT2D eigenvalue weighted by atomic mass is 10.1. The van der Waals surface area contributed by atoms with E-state index in [9.17, 15) is 9.59 Å². The maximum atomic E-state index is 13.1. The van der Waals surface area contributed by atoms with Gasteiger partial charge in [0.1, 0.15) is 11.5 Å². The quantitative estimate of drug-likeness (QED) is 0.433. The molecule has 0 spiro atoms. The van der Waals surface area contributed by atoms with Crippen molar-refractivity contribution in [3.63, 3.8) is 0 Å². The van der Waals surface area contributed by atoms with Crippen molar-refractivity contribution in [1.29, 1.82) is 0 Å². The molecule has 0 fully saturated rings. The molecule has 0 aliphatic rings. The van der Waals surface area contributed by atoms with E-state index >= 15 is 0 Å². The van der Waals surface area contributed by atoms with Crippen LogP contribution in [0.3, 0.4) is 0 Å². The van der Waals surface area contributed by atoms with Gasteiger partial charge in [-0.2, -0.15) is 0 Å². The molecule has 0 bridgehead atoms.